The first kappa shape index (κ1) is 10.5. The van der Waals surface area contributed by atoms with Gasteiger partial charge in [0, 0.05) is 17.6 Å². The van der Waals surface area contributed by atoms with Gasteiger partial charge in [0.2, 0.25) is 0 Å². The molecule has 0 radical (unpaired) electrons. The zero-order valence-corrected chi connectivity index (χ0v) is 10.1. The molecular weight excluding hydrogens is 182 g/mol. The summed E-state index contributed by atoms with van der Waals surface area (Å²) in [5.74, 6) is 0. The van der Waals surface area contributed by atoms with Gasteiger partial charge in [0.05, 0.1) is 0 Å². The Bertz CT molecular complexity index is 352. The van der Waals surface area contributed by atoms with Crippen LogP contribution in [-0.4, -0.2) is 6.54 Å². The Kier molecular flexibility index (Phi) is 2.72. The fraction of sp³-hybridized carbons (Fsp3) is 0.571. The highest BCUT2D eigenvalue weighted by molar-refractivity contribution is 5.60. The van der Waals surface area contributed by atoms with Crippen molar-refractivity contribution in [2.75, 3.05) is 11.9 Å². The first-order chi connectivity index (χ1) is 7.13. The summed E-state index contributed by atoms with van der Waals surface area (Å²) in [6.07, 6.45) is 3.80. The molecule has 0 unspecified atom stereocenters. The van der Waals surface area contributed by atoms with Gasteiger partial charge in [-0.2, -0.15) is 0 Å². The van der Waals surface area contributed by atoms with E-state index in [0.29, 0.717) is 5.41 Å². The monoisotopic (exact) mass is 203 g/mol. The predicted octanol–water partition coefficient (Wildman–Crippen LogP) is 3.73. The van der Waals surface area contributed by atoms with Gasteiger partial charge in [-0.05, 0) is 30.0 Å². The summed E-state index contributed by atoms with van der Waals surface area (Å²) in [6, 6.07) is 6.91. The lowest BCUT2D eigenvalue weighted by Gasteiger charge is -2.17. The summed E-state index contributed by atoms with van der Waals surface area (Å²) in [5, 5.41) is 3.47. The molecule has 1 aromatic rings. The summed E-state index contributed by atoms with van der Waals surface area (Å²) < 4.78 is 0. The van der Waals surface area contributed by atoms with E-state index in [1.54, 1.807) is 0 Å². The minimum atomic E-state index is 0.303. The van der Waals surface area contributed by atoms with Crippen LogP contribution < -0.4 is 5.32 Å². The Morgan fingerprint density at radius 2 is 2.13 bits per heavy atom. The van der Waals surface area contributed by atoms with E-state index in [1.165, 1.54) is 36.1 Å². The molecule has 0 aromatic heterocycles. The number of unbranched alkanes of at least 4 members (excludes halogenated alkanes) is 1. The second-order valence-corrected chi connectivity index (χ2v) is 5.22. The van der Waals surface area contributed by atoms with Crippen LogP contribution in [-0.2, 0) is 11.8 Å². The number of benzene rings is 1. The molecule has 0 saturated heterocycles. The van der Waals surface area contributed by atoms with Gasteiger partial charge in [-0.1, -0.05) is 39.3 Å². The number of hydrogen-bond donors (Lipinski definition) is 1. The van der Waals surface area contributed by atoms with Crippen molar-refractivity contribution in [3.63, 3.8) is 0 Å². The van der Waals surface area contributed by atoms with Crippen molar-refractivity contribution < 1.29 is 0 Å². The third-order valence-corrected chi connectivity index (χ3v) is 3.35. The van der Waals surface area contributed by atoms with Crippen LogP contribution in [0.3, 0.4) is 0 Å². The minimum Gasteiger partial charge on any atom is -0.384 e. The van der Waals surface area contributed by atoms with Gasteiger partial charge >= 0.3 is 0 Å². The maximum absolute atomic E-state index is 3.47. The van der Waals surface area contributed by atoms with Crippen molar-refractivity contribution in [2.24, 2.45) is 0 Å². The minimum absolute atomic E-state index is 0.303. The Hall–Kier alpha value is -0.980. The lowest BCUT2D eigenvalue weighted by atomic mass is 9.86. The maximum atomic E-state index is 3.47. The summed E-state index contributed by atoms with van der Waals surface area (Å²) in [4.78, 5) is 0. The number of fused-ring (bicyclic) bond motifs is 1. The van der Waals surface area contributed by atoms with Crippen molar-refractivity contribution in [3.8, 4) is 0 Å². The Morgan fingerprint density at radius 1 is 1.33 bits per heavy atom. The van der Waals surface area contributed by atoms with Gasteiger partial charge in [-0.15, -0.1) is 0 Å². The van der Waals surface area contributed by atoms with E-state index in [1.807, 2.05) is 0 Å². The number of aryl methyl sites for hydroxylation is 1. The zero-order valence-electron chi connectivity index (χ0n) is 10.1. The maximum Gasteiger partial charge on any atom is 0.0379 e. The van der Waals surface area contributed by atoms with E-state index < -0.39 is 0 Å². The van der Waals surface area contributed by atoms with E-state index in [0.717, 1.165) is 6.54 Å². The largest absolute Gasteiger partial charge is 0.384 e. The van der Waals surface area contributed by atoms with Gasteiger partial charge in [-0.3, -0.25) is 0 Å². The number of hydrogen-bond acceptors (Lipinski definition) is 1. The summed E-state index contributed by atoms with van der Waals surface area (Å²) >= 11 is 0. The lowest BCUT2D eigenvalue weighted by molar-refractivity contribution is 0.585. The van der Waals surface area contributed by atoms with Gasteiger partial charge in [0.1, 0.15) is 0 Å². The molecule has 1 aliphatic rings. The van der Waals surface area contributed by atoms with Crippen molar-refractivity contribution >= 4 is 5.69 Å². The van der Waals surface area contributed by atoms with Crippen LogP contribution >= 0.6 is 0 Å². The van der Waals surface area contributed by atoms with Gasteiger partial charge in [0.25, 0.3) is 0 Å². The number of nitrogens with one attached hydrogen (secondary N) is 1. The molecule has 1 aromatic carbocycles. The van der Waals surface area contributed by atoms with Crippen LogP contribution in [0.5, 0.6) is 0 Å². The Labute approximate surface area is 92.9 Å². The Morgan fingerprint density at radius 3 is 2.87 bits per heavy atom. The van der Waals surface area contributed by atoms with Crippen molar-refractivity contribution in [1.29, 1.82) is 0 Å². The quantitative estimate of drug-likeness (QED) is 0.789. The predicted molar refractivity (Wildman–Crippen MR) is 66.6 cm³/mol. The fourth-order valence-electron chi connectivity index (χ4n) is 2.25. The molecule has 0 aliphatic carbocycles. The highest BCUT2D eigenvalue weighted by Crippen LogP contribution is 2.36. The molecule has 1 heterocycles. The third-order valence-electron chi connectivity index (χ3n) is 3.35. The molecule has 0 fully saturated rings. The zero-order chi connectivity index (χ0) is 10.9. The average Bonchev–Trinajstić information content (AvgIpc) is 2.52. The molecular formula is C14H21N. The summed E-state index contributed by atoms with van der Waals surface area (Å²) in [7, 11) is 0. The topological polar surface area (TPSA) is 12.0 Å². The molecule has 0 spiro atoms. The normalized spacial score (nSPS) is 17.3. The summed E-state index contributed by atoms with van der Waals surface area (Å²) in [5.41, 5.74) is 4.63. The van der Waals surface area contributed by atoms with E-state index in [2.05, 4.69) is 44.3 Å². The molecule has 0 amide bonds. The molecule has 1 heteroatoms. The third kappa shape index (κ3) is 2.01. The van der Waals surface area contributed by atoms with Crippen molar-refractivity contribution in [2.45, 2.75) is 45.4 Å². The molecule has 0 saturated carbocycles. The van der Waals surface area contributed by atoms with Gasteiger partial charge in [-0.25, -0.2) is 0 Å². The van der Waals surface area contributed by atoms with Crippen LogP contribution in [0.2, 0.25) is 0 Å². The first-order valence-corrected chi connectivity index (χ1v) is 6.01. The van der Waals surface area contributed by atoms with Gasteiger partial charge in [0.15, 0.2) is 0 Å². The molecule has 15 heavy (non-hydrogen) atoms. The van der Waals surface area contributed by atoms with E-state index in [4.69, 9.17) is 0 Å². The standard InChI is InChI=1S/C14H21N/c1-4-5-6-11-7-8-13-12(9-11)14(2,3)10-15-13/h7-9,15H,4-6,10H2,1-3H3. The molecule has 0 atom stereocenters. The molecule has 0 bridgehead atoms. The smallest absolute Gasteiger partial charge is 0.0379 e. The molecule has 2 rings (SSSR count). The molecule has 1 nitrogen and oxygen atoms in total. The average molecular weight is 203 g/mol. The van der Waals surface area contributed by atoms with Crippen LogP contribution in [0.25, 0.3) is 0 Å². The summed E-state index contributed by atoms with van der Waals surface area (Å²) in [6.45, 7) is 7.95. The van der Waals surface area contributed by atoms with E-state index in [-0.39, 0.29) is 0 Å². The second-order valence-electron chi connectivity index (χ2n) is 5.22. The Balaban J connectivity index is 2.25. The highest BCUT2D eigenvalue weighted by atomic mass is 14.9. The second kappa shape index (κ2) is 3.88. The van der Waals surface area contributed by atoms with Crippen LogP contribution in [0.15, 0.2) is 18.2 Å². The number of anilines is 1. The first-order valence-electron chi connectivity index (χ1n) is 6.01. The SMILES string of the molecule is CCCCc1ccc2c(c1)C(C)(C)CN2. The molecule has 1 N–H and O–H groups in total. The van der Waals surface area contributed by atoms with Crippen LogP contribution in [0, 0.1) is 0 Å². The highest BCUT2D eigenvalue weighted by Gasteiger charge is 2.29. The van der Waals surface area contributed by atoms with Gasteiger partial charge < -0.3 is 5.32 Å². The van der Waals surface area contributed by atoms with E-state index >= 15 is 0 Å². The molecule has 1 aliphatic heterocycles. The number of rotatable bonds is 3. The van der Waals surface area contributed by atoms with Crippen LogP contribution in [0.4, 0.5) is 5.69 Å². The van der Waals surface area contributed by atoms with Crippen molar-refractivity contribution in [3.05, 3.63) is 29.3 Å². The van der Waals surface area contributed by atoms with Crippen LogP contribution in [0.1, 0.15) is 44.7 Å². The fourth-order valence-corrected chi connectivity index (χ4v) is 2.25. The lowest BCUT2D eigenvalue weighted by Crippen LogP contribution is -2.19. The molecule has 82 valence electrons. The van der Waals surface area contributed by atoms with E-state index in [9.17, 15) is 0 Å². The van der Waals surface area contributed by atoms with Crippen molar-refractivity contribution in [1.82, 2.24) is 0 Å².